The van der Waals surface area contributed by atoms with Crippen molar-refractivity contribution in [2.24, 2.45) is 5.92 Å². The van der Waals surface area contributed by atoms with Gasteiger partial charge in [-0.1, -0.05) is 19.3 Å². The molecule has 1 saturated heterocycles. The van der Waals surface area contributed by atoms with E-state index in [9.17, 15) is 0 Å². The Bertz CT molecular complexity index is 518. The van der Waals surface area contributed by atoms with Gasteiger partial charge in [0.25, 0.3) is 0 Å². The van der Waals surface area contributed by atoms with Gasteiger partial charge in [-0.2, -0.15) is 9.97 Å². The summed E-state index contributed by atoms with van der Waals surface area (Å²) in [6, 6.07) is 1.99. The third-order valence-corrected chi connectivity index (χ3v) is 5.31. The lowest BCUT2D eigenvalue weighted by molar-refractivity contribution is 0.191. The summed E-state index contributed by atoms with van der Waals surface area (Å²) in [7, 11) is 5.95. The molecule has 0 aromatic carbocycles. The average molecular weight is 332 g/mol. The van der Waals surface area contributed by atoms with Gasteiger partial charge in [0.15, 0.2) is 0 Å². The van der Waals surface area contributed by atoms with Crippen LogP contribution in [-0.2, 0) is 0 Å². The van der Waals surface area contributed by atoms with Gasteiger partial charge in [0, 0.05) is 59.9 Å². The Kier molecular flexibility index (Phi) is 5.76. The topological polar surface area (TPSA) is 47.5 Å². The van der Waals surface area contributed by atoms with E-state index in [1.807, 2.05) is 32.1 Å². The van der Waals surface area contributed by atoms with Crippen LogP contribution in [0.4, 0.5) is 17.6 Å². The second-order valence-electron chi connectivity index (χ2n) is 7.35. The Morgan fingerprint density at radius 3 is 2.42 bits per heavy atom. The molecule has 0 amide bonds. The van der Waals surface area contributed by atoms with Crippen LogP contribution < -0.4 is 15.1 Å². The molecule has 0 atom stereocenters. The van der Waals surface area contributed by atoms with Crippen molar-refractivity contribution in [1.29, 1.82) is 0 Å². The van der Waals surface area contributed by atoms with Crippen molar-refractivity contribution in [3.8, 4) is 0 Å². The maximum Gasteiger partial charge on any atom is 0.229 e. The van der Waals surface area contributed by atoms with E-state index in [-0.39, 0.29) is 0 Å². The highest BCUT2D eigenvalue weighted by atomic mass is 15.3. The molecule has 0 spiro atoms. The summed E-state index contributed by atoms with van der Waals surface area (Å²) in [6.07, 6.45) is 7.17. The summed E-state index contributed by atoms with van der Waals surface area (Å²) in [5.74, 6) is 3.61. The van der Waals surface area contributed by atoms with Crippen molar-refractivity contribution in [2.45, 2.75) is 32.1 Å². The van der Waals surface area contributed by atoms with Crippen molar-refractivity contribution >= 4 is 17.6 Å². The molecule has 1 aromatic heterocycles. The molecule has 1 N–H and O–H groups in total. The second-order valence-corrected chi connectivity index (χ2v) is 7.35. The van der Waals surface area contributed by atoms with E-state index in [2.05, 4.69) is 20.1 Å². The van der Waals surface area contributed by atoms with Crippen LogP contribution in [0.5, 0.6) is 0 Å². The van der Waals surface area contributed by atoms with E-state index in [0.29, 0.717) is 0 Å². The zero-order valence-electron chi connectivity index (χ0n) is 15.5. The summed E-state index contributed by atoms with van der Waals surface area (Å²) in [5, 5.41) is 3.15. The predicted molar refractivity (Wildman–Crippen MR) is 101 cm³/mol. The molecule has 2 fully saturated rings. The van der Waals surface area contributed by atoms with Gasteiger partial charge in [0.05, 0.1) is 0 Å². The summed E-state index contributed by atoms with van der Waals surface area (Å²) < 4.78 is 0. The lowest BCUT2D eigenvalue weighted by atomic mass is 9.89. The van der Waals surface area contributed by atoms with E-state index in [4.69, 9.17) is 4.98 Å². The van der Waals surface area contributed by atoms with E-state index in [0.717, 1.165) is 49.7 Å². The first kappa shape index (κ1) is 17.3. The molecule has 2 heterocycles. The van der Waals surface area contributed by atoms with Crippen LogP contribution in [0.1, 0.15) is 32.1 Å². The van der Waals surface area contributed by atoms with Crippen molar-refractivity contribution in [3.05, 3.63) is 6.07 Å². The van der Waals surface area contributed by atoms with Gasteiger partial charge < -0.3 is 15.1 Å². The zero-order chi connectivity index (χ0) is 16.9. The molecule has 6 nitrogen and oxygen atoms in total. The fourth-order valence-corrected chi connectivity index (χ4v) is 3.79. The van der Waals surface area contributed by atoms with E-state index in [1.165, 1.54) is 38.6 Å². The summed E-state index contributed by atoms with van der Waals surface area (Å²) in [4.78, 5) is 16.4. The minimum absolute atomic E-state index is 0.850. The number of anilines is 3. The van der Waals surface area contributed by atoms with Crippen LogP contribution in [0, 0.1) is 5.92 Å². The van der Waals surface area contributed by atoms with Crippen LogP contribution >= 0.6 is 0 Å². The highest BCUT2D eigenvalue weighted by Crippen LogP contribution is 2.25. The molecule has 24 heavy (non-hydrogen) atoms. The molecule has 134 valence electrons. The number of nitrogens with zero attached hydrogens (tertiary/aromatic N) is 5. The molecular weight excluding hydrogens is 300 g/mol. The van der Waals surface area contributed by atoms with Crippen molar-refractivity contribution in [2.75, 3.05) is 69.0 Å². The third kappa shape index (κ3) is 4.29. The Balaban J connectivity index is 1.58. The van der Waals surface area contributed by atoms with Gasteiger partial charge in [-0.3, -0.25) is 4.90 Å². The molecule has 1 aliphatic heterocycles. The first-order chi connectivity index (χ1) is 11.7. The smallest absolute Gasteiger partial charge is 0.229 e. The number of nitrogens with one attached hydrogen (secondary N) is 1. The van der Waals surface area contributed by atoms with Crippen LogP contribution in [0.25, 0.3) is 0 Å². The number of rotatable bonds is 5. The monoisotopic (exact) mass is 332 g/mol. The number of hydrogen-bond acceptors (Lipinski definition) is 6. The first-order valence-electron chi connectivity index (χ1n) is 9.37. The van der Waals surface area contributed by atoms with Crippen LogP contribution in [0.15, 0.2) is 6.07 Å². The highest BCUT2D eigenvalue weighted by molar-refractivity contribution is 5.53. The number of aromatic nitrogens is 2. The van der Waals surface area contributed by atoms with Crippen LogP contribution in [0.3, 0.4) is 0 Å². The van der Waals surface area contributed by atoms with E-state index < -0.39 is 0 Å². The molecule has 0 radical (unpaired) electrons. The van der Waals surface area contributed by atoms with Crippen molar-refractivity contribution in [3.63, 3.8) is 0 Å². The second kappa shape index (κ2) is 8.01. The molecule has 0 unspecified atom stereocenters. The summed E-state index contributed by atoms with van der Waals surface area (Å²) in [5.41, 5.74) is 0. The van der Waals surface area contributed by atoms with Gasteiger partial charge >= 0.3 is 0 Å². The van der Waals surface area contributed by atoms with Gasteiger partial charge in [-0.05, 0) is 18.8 Å². The quantitative estimate of drug-likeness (QED) is 0.893. The largest absolute Gasteiger partial charge is 0.373 e. The third-order valence-electron chi connectivity index (χ3n) is 5.31. The van der Waals surface area contributed by atoms with Crippen LogP contribution in [-0.4, -0.2) is 68.7 Å². The maximum absolute atomic E-state index is 4.73. The Labute approximate surface area is 146 Å². The van der Waals surface area contributed by atoms with E-state index >= 15 is 0 Å². The van der Waals surface area contributed by atoms with Gasteiger partial charge in [0.2, 0.25) is 5.95 Å². The highest BCUT2D eigenvalue weighted by Gasteiger charge is 2.23. The van der Waals surface area contributed by atoms with Gasteiger partial charge in [-0.25, -0.2) is 0 Å². The SMILES string of the molecule is CNc1cc(N(C)C)nc(N2CCN(CC3CCCCC3)CC2)n1. The number of hydrogen-bond donors (Lipinski definition) is 1. The number of piperazine rings is 1. The van der Waals surface area contributed by atoms with Crippen molar-refractivity contribution < 1.29 is 0 Å². The Morgan fingerprint density at radius 2 is 1.79 bits per heavy atom. The van der Waals surface area contributed by atoms with E-state index in [1.54, 1.807) is 0 Å². The average Bonchev–Trinajstić information content (AvgIpc) is 2.62. The van der Waals surface area contributed by atoms with Gasteiger partial charge in [0.1, 0.15) is 11.6 Å². The zero-order valence-corrected chi connectivity index (χ0v) is 15.5. The minimum Gasteiger partial charge on any atom is -0.373 e. The van der Waals surface area contributed by atoms with Crippen LogP contribution in [0.2, 0.25) is 0 Å². The Hall–Kier alpha value is -1.56. The summed E-state index contributed by atoms with van der Waals surface area (Å²) >= 11 is 0. The molecule has 2 aliphatic rings. The first-order valence-corrected chi connectivity index (χ1v) is 9.37. The molecular formula is C18H32N6. The van der Waals surface area contributed by atoms with Crippen molar-refractivity contribution in [1.82, 2.24) is 14.9 Å². The lowest BCUT2D eigenvalue weighted by Gasteiger charge is -2.37. The Morgan fingerprint density at radius 1 is 1.08 bits per heavy atom. The predicted octanol–water partition coefficient (Wildman–Crippen LogP) is 2.29. The standard InChI is InChI=1S/C18H32N6/c1-19-16-13-17(22(2)3)21-18(20-16)24-11-9-23(10-12-24)14-15-7-5-4-6-8-15/h13,15H,4-12,14H2,1-3H3,(H,19,20,21). The molecule has 1 saturated carbocycles. The summed E-state index contributed by atoms with van der Waals surface area (Å²) in [6.45, 7) is 5.58. The fourth-order valence-electron chi connectivity index (χ4n) is 3.79. The van der Waals surface area contributed by atoms with Gasteiger partial charge in [-0.15, -0.1) is 0 Å². The fraction of sp³-hybridized carbons (Fsp3) is 0.778. The minimum atomic E-state index is 0.850. The maximum atomic E-state index is 4.73. The molecule has 3 rings (SSSR count). The molecule has 0 bridgehead atoms. The molecule has 6 heteroatoms. The lowest BCUT2D eigenvalue weighted by Crippen LogP contribution is -2.48. The molecule has 1 aliphatic carbocycles. The molecule has 1 aromatic rings. The normalized spacial score (nSPS) is 20.2.